The van der Waals surface area contributed by atoms with Crippen molar-refractivity contribution in [2.75, 3.05) is 19.7 Å². The lowest BCUT2D eigenvalue weighted by Gasteiger charge is -2.36. The Hall–Kier alpha value is -2.08. The van der Waals surface area contributed by atoms with Gasteiger partial charge in [0.05, 0.1) is 12.5 Å². The molecule has 120 valence electrons. The maximum atomic E-state index is 12.1. The highest BCUT2D eigenvalue weighted by molar-refractivity contribution is 5.75. The van der Waals surface area contributed by atoms with E-state index in [1.807, 2.05) is 30.3 Å². The smallest absolute Gasteiger partial charge is 0.407 e. The Kier molecular flexibility index (Phi) is 5.77. The van der Waals surface area contributed by atoms with Crippen LogP contribution in [0.4, 0.5) is 4.79 Å². The molecule has 1 amide bonds. The third kappa shape index (κ3) is 4.21. The van der Waals surface area contributed by atoms with E-state index < -0.39 is 12.0 Å². The minimum absolute atomic E-state index is 0.0742. The maximum Gasteiger partial charge on any atom is 0.407 e. The fourth-order valence-electron chi connectivity index (χ4n) is 2.70. The van der Waals surface area contributed by atoms with Gasteiger partial charge >= 0.3 is 12.1 Å². The first kappa shape index (κ1) is 16.3. The zero-order valence-electron chi connectivity index (χ0n) is 12.7. The van der Waals surface area contributed by atoms with Gasteiger partial charge in [0.15, 0.2) is 0 Å². The van der Waals surface area contributed by atoms with Crippen molar-refractivity contribution in [3.05, 3.63) is 35.9 Å². The standard InChI is InChI=1S/C16H22N2O4/c1-2-22-15(19)13-11-18(16(20)21)9-8-14(13)17-10-12-6-4-3-5-7-12/h3-7,13-14,17H,2,8-11H2,1H3,(H,20,21). The third-order valence-electron chi connectivity index (χ3n) is 3.88. The fourth-order valence-corrected chi connectivity index (χ4v) is 2.70. The van der Waals surface area contributed by atoms with Crippen molar-refractivity contribution in [1.82, 2.24) is 10.2 Å². The summed E-state index contributed by atoms with van der Waals surface area (Å²) >= 11 is 0. The third-order valence-corrected chi connectivity index (χ3v) is 3.88. The van der Waals surface area contributed by atoms with Crippen LogP contribution in [0.2, 0.25) is 0 Å². The molecule has 1 heterocycles. The van der Waals surface area contributed by atoms with Gasteiger partial charge in [0.25, 0.3) is 0 Å². The molecule has 6 heteroatoms. The summed E-state index contributed by atoms with van der Waals surface area (Å²) in [5.41, 5.74) is 1.13. The molecule has 2 N–H and O–H groups in total. The number of amides is 1. The normalized spacial score (nSPS) is 21.4. The van der Waals surface area contributed by atoms with Gasteiger partial charge in [0, 0.05) is 25.7 Å². The minimum Gasteiger partial charge on any atom is -0.466 e. The van der Waals surface area contributed by atoms with Crippen LogP contribution in [0.15, 0.2) is 30.3 Å². The molecule has 1 aliphatic heterocycles. The molecule has 0 radical (unpaired) electrons. The number of piperidine rings is 1. The van der Waals surface area contributed by atoms with Gasteiger partial charge in [-0.2, -0.15) is 0 Å². The van der Waals surface area contributed by atoms with Crippen molar-refractivity contribution in [3.63, 3.8) is 0 Å². The molecule has 0 aromatic heterocycles. The Morgan fingerprint density at radius 2 is 2.09 bits per heavy atom. The van der Waals surface area contributed by atoms with Crippen molar-refractivity contribution >= 4 is 12.1 Å². The number of ether oxygens (including phenoxy) is 1. The molecule has 0 saturated carbocycles. The Labute approximate surface area is 130 Å². The van der Waals surface area contributed by atoms with E-state index >= 15 is 0 Å². The summed E-state index contributed by atoms with van der Waals surface area (Å²) in [5, 5.41) is 12.5. The second-order valence-electron chi connectivity index (χ2n) is 5.35. The quantitative estimate of drug-likeness (QED) is 0.810. The second kappa shape index (κ2) is 7.79. The van der Waals surface area contributed by atoms with Crippen molar-refractivity contribution < 1.29 is 19.4 Å². The summed E-state index contributed by atoms with van der Waals surface area (Å²) in [6.07, 6.45) is -0.390. The van der Waals surface area contributed by atoms with E-state index in [0.717, 1.165) is 5.56 Å². The van der Waals surface area contributed by atoms with Gasteiger partial charge in [-0.3, -0.25) is 4.79 Å². The highest BCUT2D eigenvalue weighted by Gasteiger charge is 2.36. The van der Waals surface area contributed by atoms with Gasteiger partial charge in [-0.25, -0.2) is 4.79 Å². The van der Waals surface area contributed by atoms with Gasteiger partial charge in [-0.1, -0.05) is 30.3 Å². The maximum absolute atomic E-state index is 12.1. The van der Waals surface area contributed by atoms with Gasteiger partial charge in [-0.15, -0.1) is 0 Å². The second-order valence-corrected chi connectivity index (χ2v) is 5.35. The minimum atomic E-state index is -0.990. The fraction of sp³-hybridized carbons (Fsp3) is 0.500. The van der Waals surface area contributed by atoms with E-state index in [9.17, 15) is 9.59 Å². The average Bonchev–Trinajstić information content (AvgIpc) is 2.54. The van der Waals surface area contributed by atoms with Crippen molar-refractivity contribution in [2.45, 2.75) is 25.9 Å². The van der Waals surface area contributed by atoms with Crippen LogP contribution in [0.1, 0.15) is 18.9 Å². The number of carbonyl (C=O) groups is 2. The number of hydrogen-bond donors (Lipinski definition) is 2. The summed E-state index contributed by atoms with van der Waals surface area (Å²) < 4.78 is 5.09. The largest absolute Gasteiger partial charge is 0.466 e. The zero-order valence-corrected chi connectivity index (χ0v) is 12.7. The number of benzene rings is 1. The average molecular weight is 306 g/mol. The van der Waals surface area contributed by atoms with Gasteiger partial charge in [0.1, 0.15) is 0 Å². The Morgan fingerprint density at radius 3 is 2.73 bits per heavy atom. The number of nitrogens with zero attached hydrogens (tertiary/aromatic N) is 1. The molecule has 0 spiro atoms. The predicted octanol–water partition coefficient (Wildman–Crippen LogP) is 1.71. The van der Waals surface area contributed by atoms with Crippen molar-refractivity contribution in [1.29, 1.82) is 0 Å². The number of carbonyl (C=O) groups excluding carboxylic acids is 1. The lowest BCUT2D eigenvalue weighted by Crippen LogP contribution is -2.53. The number of hydrogen-bond acceptors (Lipinski definition) is 4. The molecule has 1 aliphatic rings. The first-order chi connectivity index (χ1) is 10.6. The molecule has 0 aliphatic carbocycles. The van der Waals surface area contributed by atoms with E-state index in [0.29, 0.717) is 26.1 Å². The Morgan fingerprint density at radius 1 is 1.36 bits per heavy atom. The lowest BCUT2D eigenvalue weighted by molar-refractivity contribution is -0.150. The summed E-state index contributed by atoms with van der Waals surface area (Å²) in [7, 11) is 0. The number of rotatable bonds is 5. The molecule has 1 fully saturated rings. The molecule has 1 aromatic carbocycles. The van der Waals surface area contributed by atoms with E-state index in [4.69, 9.17) is 9.84 Å². The van der Waals surface area contributed by atoms with E-state index in [1.165, 1.54) is 4.90 Å². The molecule has 0 bridgehead atoms. The van der Waals surface area contributed by atoms with Crippen LogP contribution < -0.4 is 5.32 Å². The number of likely N-dealkylation sites (tertiary alicyclic amines) is 1. The molecule has 1 saturated heterocycles. The highest BCUT2D eigenvalue weighted by atomic mass is 16.5. The first-order valence-electron chi connectivity index (χ1n) is 7.53. The van der Waals surface area contributed by atoms with Crippen LogP contribution in [0.5, 0.6) is 0 Å². The SMILES string of the molecule is CCOC(=O)C1CN(C(=O)O)CCC1NCc1ccccc1. The highest BCUT2D eigenvalue weighted by Crippen LogP contribution is 2.19. The van der Waals surface area contributed by atoms with Crippen LogP contribution in [0, 0.1) is 5.92 Å². The Bertz CT molecular complexity index is 506. The molecule has 2 atom stereocenters. The summed E-state index contributed by atoms with van der Waals surface area (Å²) in [6.45, 7) is 3.31. The van der Waals surface area contributed by atoms with Crippen molar-refractivity contribution in [3.8, 4) is 0 Å². The number of esters is 1. The molecule has 6 nitrogen and oxygen atoms in total. The van der Waals surface area contributed by atoms with E-state index in [2.05, 4.69) is 5.32 Å². The Balaban J connectivity index is 2.00. The summed E-state index contributed by atoms with van der Waals surface area (Å²) in [4.78, 5) is 24.5. The monoisotopic (exact) mass is 306 g/mol. The molecule has 1 aromatic rings. The topological polar surface area (TPSA) is 78.9 Å². The summed E-state index contributed by atoms with van der Waals surface area (Å²) in [5.74, 6) is -0.799. The number of carboxylic acid groups (broad SMARTS) is 1. The number of nitrogens with one attached hydrogen (secondary N) is 1. The van der Waals surface area contributed by atoms with Crippen LogP contribution in [0.25, 0.3) is 0 Å². The van der Waals surface area contributed by atoms with Gasteiger partial charge < -0.3 is 20.1 Å². The molecular weight excluding hydrogens is 284 g/mol. The van der Waals surface area contributed by atoms with Crippen LogP contribution in [-0.4, -0.2) is 47.8 Å². The van der Waals surface area contributed by atoms with Crippen LogP contribution in [0.3, 0.4) is 0 Å². The molecule has 22 heavy (non-hydrogen) atoms. The van der Waals surface area contributed by atoms with E-state index in [-0.39, 0.29) is 18.6 Å². The van der Waals surface area contributed by atoms with Gasteiger partial charge in [-0.05, 0) is 18.9 Å². The zero-order chi connectivity index (χ0) is 15.9. The van der Waals surface area contributed by atoms with Crippen molar-refractivity contribution in [2.24, 2.45) is 5.92 Å². The van der Waals surface area contributed by atoms with E-state index in [1.54, 1.807) is 6.92 Å². The summed E-state index contributed by atoms with van der Waals surface area (Å²) in [6, 6.07) is 9.84. The first-order valence-corrected chi connectivity index (χ1v) is 7.53. The lowest BCUT2D eigenvalue weighted by atomic mass is 9.92. The molecule has 2 unspecified atom stereocenters. The van der Waals surface area contributed by atoms with Gasteiger partial charge in [0.2, 0.25) is 0 Å². The molecule has 2 rings (SSSR count). The van der Waals surface area contributed by atoms with Crippen LogP contribution >= 0.6 is 0 Å². The predicted molar refractivity (Wildman–Crippen MR) is 81.4 cm³/mol. The van der Waals surface area contributed by atoms with Crippen LogP contribution in [-0.2, 0) is 16.1 Å². The molecular formula is C16H22N2O4.